The molecule has 0 saturated heterocycles. The first kappa shape index (κ1) is 23.7. The van der Waals surface area contributed by atoms with Crippen LogP contribution in [0.25, 0.3) is 11.1 Å². The molecule has 4 heterocycles. The standard InChI is InChI=1S/C25H26ClN5O3S/c1-14(29-23(32)21-12-33-15(2)30-21)3-5-19-9-25(13-35-24(27)31-25)20-8-16(4-6-22(20)34-19)17-7-18(26)11-28-10-17/h4,6-8,10-12,14,19H,3,5,9,13H2,1-2H3,(H2,27,31)(H,29,32)/t14?,19-,25?/m0/s1. The van der Waals surface area contributed by atoms with Gasteiger partial charge in [-0.05, 0) is 43.5 Å². The van der Waals surface area contributed by atoms with Crippen molar-refractivity contribution < 1.29 is 13.9 Å². The molecule has 0 saturated carbocycles. The average molecular weight is 512 g/mol. The van der Waals surface area contributed by atoms with Crippen molar-refractivity contribution >= 4 is 34.4 Å². The van der Waals surface area contributed by atoms with Crippen LogP contribution in [0, 0.1) is 6.92 Å². The number of aryl methyl sites for hydroxylation is 1. The third kappa shape index (κ3) is 5.01. The molecule has 0 bridgehead atoms. The fourth-order valence-corrected chi connectivity index (χ4v) is 5.74. The minimum atomic E-state index is -0.445. The van der Waals surface area contributed by atoms with Gasteiger partial charge < -0.3 is 20.2 Å². The first-order valence-electron chi connectivity index (χ1n) is 11.4. The van der Waals surface area contributed by atoms with Gasteiger partial charge in [0, 0.05) is 48.7 Å². The van der Waals surface area contributed by atoms with Crippen LogP contribution in [-0.4, -0.2) is 38.9 Å². The van der Waals surface area contributed by atoms with Gasteiger partial charge >= 0.3 is 0 Å². The lowest BCUT2D eigenvalue weighted by Gasteiger charge is -2.38. The van der Waals surface area contributed by atoms with Crippen LogP contribution < -0.4 is 15.8 Å². The predicted octanol–water partition coefficient (Wildman–Crippen LogP) is 4.71. The summed E-state index contributed by atoms with van der Waals surface area (Å²) >= 11 is 7.73. The number of carbonyl (C=O) groups is 1. The largest absolute Gasteiger partial charge is 0.490 e. The summed E-state index contributed by atoms with van der Waals surface area (Å²) in [6.45, 7) is 3.68. The topological polar surface area (TPSA) is 116 Å². The highest BCUT2D eigenvalue weighted by Crippen LogP contribution is 2.49. The lowest BCUT2D eigenvalue weighted by Crippen LogP contribution is -2.39. The number of halogens is 1. The highest BCUT2D eigenvalue weighted by Gasteiger charge is 2.45. The van der Waals surface area contributed by atoms with Crippen molar-refractivity contribution in [2.24, 2.45) is 10.7 Å². The van der Waals surface area contributed by atoms with E-state index in [9.17, 15) is 4.79 Å². The van der Waals surface area contributed by atoms with Crippen molar-refractivity contribution in [2.75, 3.05) is 5.75 Å². The van der Waals surface area contributed by atoms with Crippen LogP contribution in [0.3, 0.4) is 0 Å². The fourth-order valence-electron chi connectivity index (χ4n) is 4.60. The quantitative estimate of drug-likeness (QED) is 0.492. The van der Waals surface area contributed by atoms with E-state index in [1.807, 2.05) is 25.1 Å². The zero-order chi connectivity index (χ0) is 24.6. The van der Waals surface area contributed by atoms with E-state index in [0.29, 0.717) is 22.5 Å². The number of carbonyl (C=O) groups excluding carboxylic acids is 1. The molecular weight excluding hydrogens is 486 g/mol. The van der Waals surface area contributed by atoms with E-state index in [1.54, 1.807) is 31.1 Å². The van der Waals surface area contributed by atoms with Crippen LogP contribution >= 0.6 is 23.4 Å². The van der Waals surface area contributed by atoms with Gasteiger partial charge in [0.1, 0.15) is 23.7 Å². The van der Waals surface area contributed by atoms with Gasteiger partial charge in [-0.1, -0.05) is 29.4 Å². The lowest BCUT2D eigenvalue weighted by atomic mass is 9.81. The predicted molar refractivity (Wildman–Crippen MR) is 137 cm³/mol. The molecular formula is C25H26ClN5O3S. The number of aromatic nitrogens is 2. The van der Waals surface area contributed by atoms with Crippen molar-refractivity contribution in [1.82, 2.24) is 15.3 Å². The molecule has 182 valence electrons. The smallest absolute Gasteiger partial charge is 0.273 e. The van der Waals surface area contributed by atoms with Crippen LogP contribution in [0.15, 0.2) is 52.3 Å². The summed E-state index contributed by atoms with van der Waals surface area (Å²) in [5.41, 5.74) is 8.94. The summed E-state index contributed by atoms with van der Waals surface area (Å²) in [6, 6.07) is 7.97. The number of pyridine rings is 1. The molecule has 2 aliphatic heterocycles. The number of nitrogens with two attached hydrogens (primary N) is 1. The van der Waals surface area contributed by atoms with E-state index in [2.05, 4.69) is 21.4 Å². The number of fused-ring (bicyclic) bond motifs is 2. The molecule has 5 rings (SSSR count). The molecule has 2 aromatic heterocycles. The number of amides is 1. The molecule has 1 spiro atoms. The first-order valence-corrected chi connectivity index (χ1v) is 12.8. The number of thioether (sulfide) groups is 1. The lowest BCUT2D eigenvalue weighted by molar-refractivity contribution is 0.0917. The third-order valence-corrected chi connectivity index (χ3v) is 7.53. The van der Waals surface area contributed by atoms with Gasteiger partial charge in [-0.3, -0.25) is 14.8 Å². The molecule has 8 nitrogen and oxygen atoms in total. The number of ether oxygens (including phenoxy) is 1. The molecule has 10 heteroatoms. The van der Waals surface area contributed by atoms with E-state index in [1.165, 1.54) is 6.26 Å². The summed E-state index contributed by atoms with van der Waals surface area (Å²) in [5, 5.41) is 4.16. The summed E-state index contributed by atoms with van der Waals surface area (Å²) < 4.78 is 11.5. The van der Waals surface area contributed by atoms with Gasteiger partial charge in [0.15, 0.2) is 16.8 Å². The van der Waals surface area contributed by atoms with Crippen molar-refractivity contribution in [3.05, 3.63) is 65.1 Å². The Morgan fingerprint density at radius 2 is 2.20 bits per heavy atom. The van der Waals surface area contributed by atoms with Gasteiger partial charge in [-0.25, -0.2) is 4.98 Å². The van der Waals surface area contributed by atoms with Crippen LogP contribution in [0.4, 0.5) is 0 Å². The molecule has 2 aliphatic rings. The maximum atomic E-state index is 12.4. The summed E-state index contributed by atoms with van der Waals surface area (Å²) in [5.74, 6) is 1.80. The highest BCUT2D eigenvalue weighted by atomic mass is 35.5. The molecule has 35 heavy (non-hydrogen) atoms. The van der Waals surface area contributed by atoms with Crippen LogP contribution in [0.1, 0.15) is 48.1 Å². The van der Waals surface area contributed by atoms with E-state index in [4.69, 9.17) is 31.5 Å². The third-order valence-electron chi connectivity index (χ3n) is 6.31. The van der Waals surface area contributed by atoms with Crippen molar-refractivity contribution in [1.29, 1.82) is 0 Å². The average Bonchev–Trinajstić information content (AvgIpc) is 3.43. The minimum Gasteiger partial charge on any atom is -0.490 e. The molecule has 0 radical (unpaired) electrons. The minimum absolute atomic E-state index is 0.0508. The maximum absolute atomic E-state index is 12.4. The number of hydrogen-bond acceptors (Lipinski definition) is 8. The Bertz CT molecular complexity index is 1300. The van der Waals surface area contributed by atoms with E-state index in [-0.39, 0.29) is 23.7 Å². The van der Waals surface area contributed by atoms with Crippen LogP contribution in [-0.2, 0) is 5.54 Å². The molecule has 3 N–H and O–H groups in total. The van der Waals surface area contributed by atoms with Crippen LogP contribution in [0.5, 0.6) is 5.75 Å². The van der Waals surface area contributed by atoms with E-state index < -0.39 is 5.54 Å². The Balaban J connectivity index is 1.32. The zero-order valence-electron chi connectivity index (χ0n) is 19.5. The molecule has 0 fully saturated rings. The van der Waals surface area contributed by atoms with Gasteiger partial charge in [0.25, 0.3) is 5.91 Å². The Morgan fingerprint density at radius 3 is 2.91 bits per heavy atom. The second-order valence-corrected chi connectivity index (χ2v) is 10.5. The maximum Gasteiger partial charge on any atom is 0.273 e. The number of hydrogen-bond donors (Lipinski definition) is 2. The first-order chi connectivity index (χ1) is 16.8. The number of amidine groups is 1. The van der Waals surface area contributed by atoms with Crippen molar-refractivity contribution in [3.8, 4) is 16.9 Å². The Kier molecular flexibility index (Phi) is 6.46. The second kappa shape index (κ2) is 9.54. The fraction of sp³-hybridized carbons (Fsp3) is 0.360. The Hall–Kier alpha value is -3.04. The molecule has 1 aromatic carbocycles. The molecule has 2 unspecified atom stereocenters. The molecule has 0 aliphatic carbocycles. The summed E-state index contributed by atoms with van der Waals surface area (Å²) in [7, 11) is 0. The number of benzene rings is 1. The molecule has 3 atom stereocenters. The van der Waals surface area contributed by atoms with E-state index >= 15 is 0 Å². The van der Waals surface area contributed by atoms with Crippen molar-refractivity contribution in [2.45, 2.75) is 50.8 Å². The van der Waals surface area contributed by atoms with E-state index in [0.717, 1.165) is 41.0 Å². The van der Waals surface area contributed by atoms with Gasteiger partial charge in [-0.2, -0.15) is 0 Å². The normalized spacial score (nSPS) is 21.8. The molecule has 3 aromatic rings. The van der Waals surface area contributed by atoms with Gasteiger partial charge in [0.2, 0.25) is 0 Å². The summed E-state index contributed by atoms with van der Waals surface area (Å²) in [4.78, 5) is 25.6. The van der Waals surface area contributed by atoms with Gasteiger partial charge in [-0.15, -0.1) is 0 Å². The number of aliphatic imine (C=N–C) groups is 1. The van der Waals surface area contributed by atoms with Gasteiger partial charge in [0.05, 0.1) is 5.02 Å². The molecule has 1 amide bonds. The monoisotopic (exact) mass is 511 g/mol. The van der Waals surface area contributed by atoms with Crippen LogP contribution in [0.2, 0.25) is 5.02 Å². The Labute approximate surface area is 212 Å². The van der Waals surface area contributed by atoms with Crippen molar-refractivity contribution in [3.63, 3.8) is 0 Å². The highest BCUT2D eigenvalue weighted by molar-refractivity contribution is 8.14. The zero-order valence-corrected chi connectivity index (χ0v) is 21.0. The number of nitrogens with zero attached hydrogens (tertiary/aromatic N) is 3. The second-order valence-electron chi connectivity index (χ2n) is 9.02. The SMILES string of the molecule is Cc1nc(C(=O)NC(C)CC[C@H]2CC3(CSC(N)=N3)c3cc(-c4cncc(Cl)c4)ccc3O2)co1. The number of oxazole rings is 1. The summed E-state index contributed by atoms with van der Waals surface area (Å²) in [6.07, 6.45) is 6.96. The number of nitrogens with one attached hydrogen (secondary N) is 1. The number of rotatable bonds is 6. The Morgan fingerprint density at radius 1 is 1.34 bits per heavy atom.